The number of methoxy groups -OCH3 is 1. The molecular weight excluding hydrogens is 192 g/mol. The summed E-state index contributed by atoms with van der Waals surface area (Å²) in [5.74, 6) is -0.254. The van der Waals surface area contributed by atoms with Crippen LogP contribution in [0.4, 0.5) is 0 Å². The van der Waals surface area contributed by atoms with E-state index >= 15 is 0 Å². The largest absolute Gasteiger partial charge is 0.466 e. The van der Waals surface area contributed by atoms with E-state index in [2.05, 4.69) is 14.5 Å². The van der Waals surface area contributed by atoms with Gasteiger partial charge in [-0.25, -0.2) is 4.79 Å². The van der Waals surface area contributed by atoms with Crippen LogP contribution in [0.5, 0.6) is 0 Å². The molecule has 0 bridgehead atoms. The highest BCUT2D eigenvalue weighted by Gasteiger charge is 2.03. The molecule has 0 heterocycles. The molecule has 0 aromatic rings. The van der Waals surface area contributed by atoms with Gasteiger partial charge in [0, 0.05) is 25.2 Å². The van der Waals surface area contributed by atoms with Gasteiger partial charge in [0.05, 0.1) is 7.11 Å². The summed E-state index contributed by atoms with van der Waals surface area (Å²) in [5, 5.41) is 0. The third-order valence-electron chi connectivity index (χ3n) is 2.15. The first-order valence-corrected chi connectivity index (χ1v) is 5.05. The molecule has 0 unspecified atom stereocenters. The Labute approximate surface area is 92.5 Å². The monoisotopic (exact) mass is 214 g/mol. The van der Waals surface area contributed by atoms with Crippen LogP contribution < -0.4 is 0 Å². The summed E-state index contributed by atoms with van der Waals surface area (Å²) in [6.45, 7) is 4.54. The number of carbonyl (C=O) groups is 1. The van der Waals surface area contributed by atoms with Crippen LogP contribution >= 0.6 is 0 Å². The SMILES string of the molecule is COC(=O)C(C)=CCN(C)CCN(C)C. The van der Waals surface area contributed by atoms with Crippen molar-refractivity contribution in [2.75, 3.05) is 47.9 Å². The third kappa shape index (κ3) is 7.11. The second kappa shape index (κ2) is 7.43. The van der Waals surface area contributed by atoms with E-state index < -0.39 is 0 Å². The number of likely N-dealkylation sites (N-methyl/N-ethyl adjacent to an activating group) is 2. The van der Waals surface area contributed by atoms with Crippen LogP contribution in [0.25, 0.3) is 0 Å². The lowest BCUT2D eigenvalue weighted by atomic mass is 10.3. The number of nitrogens with zero attached hydrogens (tertiary/aromatic N) is 2. The van der Waals surface area contributed by atoms with Crippen molar-refractivity contribution in [3.05, 3.63) is 11.6 Å². The summed E-state index contributed by atoms with van der Waals surface area (Å²) in [6, 6.07) is 0. The number of ether oxygens (including phenoxy) is 1. The molecule has 0 saturated heterocycles. The van der Waals surface area contributed by atoms with Gasteiger partial charge >= 0.3 is 5.97 Å². The molecule has 0 amide bonds. The van der Waals surface area contributed by atoms with Crippen molar-refractivity contribution >= 4 is 5.97 Å². The Kier molecular flexibility index (Phi) is 6.99. The van der Waals surface area contributed by atoms with Gasteiger partial charge in [0.15, 0.2) is 0 Å². The highest BCUT2D eigenvalue weighted by molar-refractivity contribution is 5.87. The molecule has 0 saturated carbocycles. The normalized spacial score (nSPS) is 12.3. The quantitative estimate of drug-likeness (QED) is 0.479. The zero-order valence-corrected chi connectivity index (χ0v) is 10.4. The fraction of sp³-hybridized carbons (Fsp3) is 0.727. The highest BCUT2D eigenvalue weighted by Crippen LogP contribution is 1.96. The van der Waals surface area contributed by atoms with E-state index in [4.69, 9.17) is 0 Å². The molecular formula is C11H22N2O2. The van der Waals surface area contributed by atoms with E-state index in [9.17, 15) is 4.79 Å². The average Bonchev–Trinajstić information content (AvgIpc) is 2.21. The summed E-state index contributed by atoms with van der Waals surface area (Å²) < 4.78 is 4.61. The standard InChI is InChI=1S/C11H22N2O2/c1-10(11(14)15-5)6-7-13(4)9-8-12(2)3/h6H,7-9H2,1-5H3. The molecule has 15 heavy (non-hydrogen) atoms. The molecule has 4 heteroatoms. The van der Waals surface area contributed by atoms with Gasteiger partial charge in [0.2, 0.25) is 0 Å². The second-order valence-electron chi connectivity index (χ2n) is 3.94. The van der Waals surface area contributed by atoms with Crippen molar-refractivity contribution < 1.29 is 9.53 Å². The molecule has 0 aliphatic carbocycles. The van der Waals surface area contributed by atoms with E-state index in [1.807, 2.05) is 27.2 Å². The minimum absolute atomic E-state index is 0.254. The van der Waals surface area contributed by atoms with E-state index in [0.29, 0.717) is 5.57 Å². The molecule has 0 aliphatic heterocycles. The van der Waals surface area contributed by atoms with Gasteiger partial charge in [-0.2, -0.15) is 0 Å². The van der Waals surface area contributed by atoms with Gasteiger partial charge < -0.3 is 14.5 Å². The maximum atomic E-state index is 11.1. The minimum Gasteiger partial charge on any atom is -0.466 e. The van der Waals surface area contributed by atoms with Crippen LogP contribution in [-0.4, -0.2) is 63.7 Å². The number of hydrogen-bond donors (Lipinski definition) is 0. The Morgan fingerprint density at radius 3 is 2.33 bits per heavy atom. The maximum Gasteiger partial charge on any atom is 0.333 e. The van der Waals surface area contributed by atoms with Crippen molar-refractivity contribution in [2.45, 2.75) is 6.92 Å². The Bertz CT molecular complexity index is 225. The highest BCUT2D eigenvalue weighted by atomic mass is 16.5. The van der Waals surface area contributed by atoms with Gasteiger partial charge in [-0.05, 0) is 28.1 Å². The van der Waals surface area contributed by atoms with Gasteiger partial charge in [0.1, 0.15) is 0 Å². The van der Waals surface area contributed by atoms with Crippen LogP contribution in [-0.2, 0) is 9.53 Å². The number of esters is 1. The molecule has 88 valence electrons. The molecule has 0 aromatic carbocycles. The summed E-state index contributed by atoms with van der Waals surface area (Å²) in [5.41, 5.74) is 0.661. The summed E-state index contributed by atoms with van der Waals surface area (Å²) >= 11 is 0. The van der Waals surface area contributed by atoms with Gasteiger partial charge in [-0.1, -0.05) is 6.08 Å². The van der Waals surface area contributed by atoms with Crippen LogP contribution in [0.15, 0.2) is 11.6 Å². The first-order valence-electron chi connectivity index (χ1n) is 5.05. The Morgan fingerprint density at radius 1 is 1.27 bits per heavy atom. The van der Waals surface area contributed by atoms with Crippen molar-refractivity contribution in [1.29, 1.82) is 0 Å². The minimum atomic E-state index is -0.254. The van der Waals surface area contributed by atoms with Gasteiger partial charge in [0.25, 0.3) is 0 Å². The topological polar surface area (TPSA) is 32.8 Å². The van der Waals surface area contributed by atoms with Crippen LogP contribution in [0.3, 0.4) is 0 Å². The molecule has 4 nitrogen and oxygen atoms in total. The predicted molar refractivity (Wildman–Crippen MR) is 61.8 cm³/mol. The third-order valence-corrected chi connectivity index (χ3v) is 2.15. The molecule has 0 spiro atoms. The zero-order valence-electron chi connectivity index (χ0n) is 10.4. The van der Waals surface area contributed by atoms with Crippen molar-refractivity contribution in [3.8, 4) is 0 Å². The summed E-state index contributed by atoms with van der Waals surface area (Å²) in [7, 11) is 7.52. The molecule has 0 N–H and O–H groups in total. The first-order chi connectivity index (χ1) is 6.97. The predicted octanol–water partition coefficient (Wildman–Crippen LogP) is 0.599. The molecule has 0 aliphatic rings. The molecule has 0 radical (unpaired) electrons. The van der Waals surface area contributed by atoms with Crippen LogP contribution in [0, 0.1) is 0 Å². The zero-order chi connectivity index (χ0) is 11.8. The van der Waals surface area contributed by atoms with Crippen molar-refractivity contribution in [3.63, 3.8) is 0 Å². The fourth-order valence-electron chi connectivity index (χ4n) is 0.999. The number of hydrogen-bond acceptors (Lipinski definition) is 4. The second-order valence-corrected chi connectivity index (χ2v) is 3.94. The lowest BCUT2D eigenvalue weighted by Crippen LogP contribution is -2.29. The van der Waals surface area contributed by atoms with Gasteiger partial charge in [-0.3, -0.25) is 0 Å². The Hall–Kier alpha value is -0.870. The molecule has 0 rings (SSSR count). The summed E-state index contributed by atoms with van der Waals surface area (Å²) in [6.07, 6.45) is 1.89. The first kappa shape index (κ1) is 14.1. The van der Waals surface area contributed by atoms with E-state index in [1.54, 1.807) is 6.92 Å². The van der Waals surface area contributed by atoms with Crippen molar-refractivity contribution in [1.82, 2.24) is 9.80 Å². The maximum absolute atomic E-state index is 11.1. The fourth-order valence-corrected chi connectivity index (χ4v) is 0.999. The number of carbonyl (C=O) groups excluding carboxylic acids is 1. The number of rotatable bonds is 6. The van der Waals surface area contributed by atoms with E-state index in [0.717, 1.165) is 19.6 Å². The average molecular weight is 214 g/mol. The molecule has 0 atom stereocenters. The molecule has 0 fully saturated rings. The van der Waals surface area contributed by atoms with Crippen LogP contribution in [0.2, 0.25) is 0 Å². The van der Waals surface area contributed by atoms with E-state index in [1.165, 1.54) is 7.11 Å². The summed E-state index contributed by atoms with van der Waals surface area (Å²) in [4.78, 5) is 15.4. The smallest absolute Gasteiger partial charge is 0.333 e. The van der Waals surface area contributed by atoms with E-state index in [-0.39, 0.29) is 5.97 Å². The lowest BCUT2D eigenvalue weighted by Gasteiger charge is -2.17. The van der Waals surface area contributed by atoms with Crippen molar-refractivity contribution in [2.24, 2.45) is 0 Å². The molecule has 0 aromatic heterocycles. The lowest BCUT2D eigenvalue weighted by molar-refractivity contribution is -0.136. The van der Waals surface area contributed by atoms with Crippen LogP contribution in [0.1, 0.15) is 6.92 Å². The Morgan fingerprint density at radius 2 is 1.87 bits per heavy atom. The Balaban J connectivity index is 3.87. The van der Waals surface area contributed by atoms with Gasteiger partial charge in [-0.15, -0.1) is 0 Å².